The Hall–Kier alpha value is -1.16. The first kappa shape index (κ1) is 21.1. The van der Waals surface area contributed by atoms with Crippen LogP contribution in [0.4, 0.5) is 0 Å². The summed E-state index contributed by atoms with van der Waals surface area (Å²) in [6, 6.07) is 0.185. The predicted octanol–water partition coefficient (Wildman–Crippen LogP) is 0.934. The van der Waals surface area contributed by atoms with Crippen molar-refractivity contribution in [1.82, 2.24) is 19.7 Å². The molecular formula is C16H27ClN4O4S. The number of amides is 1. The van der Waals surface area contributed by atoms with E-state index in [1.807, 2.05) is 11.8 Å². The number of piperidine rings is 1. The molecule has 1 atom stereocenters. The molecule has 0 aliphatic carbocycles. The minimum atomic E-state index is -3.62. The molecule has 2 aliphatic heterocycles. The summed E-state index contributed by atoms with van der Waals surface area (Å²) in [6.45, 7) is 8.33. The van der Waals surface area contributed by atoms with Crippen LogP contribution in [0.15, 0.2) is 9.42 Å². The fourth-order valence-corrected chi connectivity index (χ4v) is 5.48. The van der Waals surface area contributed by atoms with Crippen molar-refractivity contribution in [1.29, 1.82) is 0 Å². The van der Waals surface area contributed by atoms with Crippen LogP contribution in [0.1, 0.15) is 31.2 Å². The monoisotopic (exact) mass is 406 g/mol. The molecular weight excluding hydrogens is 380 g/mol. The zero-order chi connectivity index (χ0) is 18.2. The number of nitrogens with one attached hydrogen (secondary N) is 1. The van der Waals surface area contributed by atoms with E-state index in [0.717, 1.165) is 19.6 Å². The first-order valence-electron chi connectivity index (χ1n) is 8.76. The summed E-state index contributed by atoms with van der Waals surface area (Å²) in [6.07, 6.45) is 1.11. The van der Waals surface area contributed by atoms with Gasteiger partial charge < -0.3 is 14.7 Å². The lowest BCUT2D eigenvalue weighted by Crippen LogP contribution is -2.55. The lowest BCUT2D eigenvalue weighted by Gasteiger charge is -2.38. The highest BCUT2D eigenvalue weighted by Crippen LogP contribution is 2.28. The van der Waals surface area contributed by atoms with Gasteiger partial charge in [-0.1, -0.05) is 5.16 Å². The van der Waals surface area contributed by atoms with Crippen LogP contribution in [-0.4, -0.2) is 67.5 Å². The van der Waals surface area contributed by atoms with Crippen molar-refractivity contribution in [3.63, 3.8) is 0 Å². The summed E-state index contributed by atoms with van der Waals surface area (Å²) in [4.78, 5) is 14.9. The van der Waals surface area contributed by atoms with Gasteiger partial charge in [0.15, 0.2) is 5.76 Å². The topological polar surface area (TPSA) is 95.8 Å². The molecule has 2 aliphatic rings. The minimum Gasteiger partial charge on any atom is -0.360 e. The van der Waals surface area contributed by atoms with Gasteiger partial charge in [0.05, 0.1) is 0 Å². The first-order valence-corrected chi connectivity index (χ1v) is 10.2. The van der Waals surface area contributed by atoms with Gasteiger partial charge in [0, 0.05) is 44.7 Å². The molecule has 0 saturated carbocycles. The Morgan fingerprint density at radius 1 is 1.23 bits per heavy atom. The molecule has 0 aromatic carbocycles. The van der Waals surface area contributed by atoms with E-state index < -0.39 is 10.0 Å². The number of rotatable bonds is 3. The molecule has 1 aromatic heterocycles. The number of halogens is 1. The highest BCUT2D eigenvalue weighted by atomic mass is 35.5. The second-order valence-electron chi connectivity index (χ2n) is 6.92. The van der Waals surface area contributed by atoms with Crippen LogP contribution in [-0.2, 0) is 14.8 Å². The smallest absolute Gasteiger partial charge is 0.248 e. The Balaban J connectivity index is 0.00000243. The number of aromatic nitrogens is 1. The number of sulfonamides is 1. The molecule has 3 heterocycles. The van der Waals surface area contributed by atoms with Crippen molar-refractivity contribution in [2.45, 2.75) is 44.6 Å². The Labute approximate surface area is 160 Å². The maximum atomic E-state index is 12.8. The molecule has 8 nitrogen and oxygen atoms in total. The lowest BCUT2D eigenvalue weighted by molar-refractivity contribution is -0.139. The maximum absolute atomic E-state index is 12.8. The highest BCUT2D eigenvalue weighted by Gasteiger charge is 2.37. The fraction of sp³-hybridized carbons (Fsp3) is 0.750. The van der Waals surface area contributed by atoms with Crippen molar-refractivity contribution in [2.24, 2.45) is 5.92 Å². The van der Waals surface area contributed by atoms with Crippen molar-refractivity contribution in [2.75, 3.05) is 32.7 Å². The van der Waals surface area contributed by atoms with Gasteiger partial charge in [-0.25, -0.2) is 8.42 Å². The number of carbonyl (C=O) groups is 1. The van der Waals surface area contributed by atoms with Crippen LogP contribution in [0.2, 0.25) is 0 Å². The average Bonchev–Trinajstić information content (AvgIpc) is 2.94. The molecule has 3 rings (SSSR count). The van der Waals surface area contributed by atoms with Crippen LogP contribution in [0.3, 0.4) is 0 Å². The summed E-state index contributed by atoms with van der Waals surface area (Å²) < 4.78 is 32.1. The third-order valence-corrected chi connectivity index (χ3v) is 7.30. The summed E-state index contributed by atoms with van der Waals surface area (Å²) in [5.41, 5.74) is 0.380. The normalized spacial score (nSPS) is 22.9. The summed E-state index contributed by atoms with van der Waals surface area (Å²) in [7, 11) is -3.62. The van der Waals surface area contributed by atoms with Crippen LogP contribution < -0.4 is 5.32 Å². The SMILES string of the molecule is Cc1noc(C)c1S(=O)(=O)N1CCC(C(=O)N2CCNCC2C)CC1.Cl. The number of carbonyl (C=O) groups excluding carboxylic acids is 1. The average molecular weight is 407 g/mol. The minimum absolute atomic E-state index is 0. The molecule has 1 amide bonds. The summed E-state index contributed by atoms with van der Waals surface area (Å²) >= 11 is 0. The zero-order valence-corrected chi connectivity index (χ0v) is 17.0. The van der Waals surface area contributed by atoms with Gasteiger partial charge >= 0.3 is 0 Å². The number of hydrogen-bond donors (Lipinski definition) is 1. The van der Waals surface area contributed by atoms with Crippen molar-refractivity contribution in [3.8, 4) is 0 Å². The number of nitrogens with zero attached hydrogens (tertiary/aromatic N) is 3. The molecule has 0 radical (unpaired) electrons. The Kier molecular flexibility index (Phi) is 6.70. The van der Waals surface area contributed by atoms with Crippen LogP contribution in [0, 0.1) is 19.8 Å². The largest absolute Gasteiger partial charge is 0.360 e. The molecule has 148 valence electrons. The van der Waals surface area contributed by atoms with Gasteiger partial charge in [0.25, 0.3) is 0 Å². The highest BCUT2D eigenvalue weighted by molar-refractivity contribution is 7.89. The fourth-order valence-electron chi connectivity index (χ4n) is 3.72. The Morgan fingerprint density at radius 3 is 2.42 bits per heavy atom. The third-order valence-electron chi connectivity index (χ3n) is 5.15. The molecule has 1 aromatic rings. The van der Waals surface area contributed by atoms with E-state index in [4.69, 9.17) is 4.52 Å². The number of hydrogen-bond acceptors (Lipinski definition) is 6. The third kappa shape index (κ3) is 3.90. The van der Waals surface area contributed by atoms with Crippen LogP contribution >= 0.6 is 12.4 Å². The van der Waals surface area contributed by atoms with Gasteiger partial charge in [-0.15, -0.1) is 12.4 Å². The van der Waals surface area contributed by atoms with Crippen LogP contribution in [0.5, 0.6) is 0 Å². The molecule has 2 saturated heterocycles. The summed E-state index contributed by atoms with van der Waals surface area (Å²) in [5.74, 6) is 0.366. The van der Waals surface area contributed by atoms with E-state index >= 15 is 0 Å². The van der Waals surface area contributed by atoms with E-state index in [1.54, 1.807) is 13.8 Å². The maximum Gasteiger partial charge on any atom is 0.248 e. The van der Waals surface area contributed by atoms with Gasteiger partial charge in [-0.3, -0.25) is 4.79 Å². The van der Waals surface area contributed by atoms with E-state index in [1.165, 1.54) is 4.31 Å². The number of aryl methyl sites for hydroxylation is 2. The Bertz CT molecular complexity index is 724. The van der Waals surface area contributed by atoms with Gasteiger partial charge in [0.2, 0.25) is 15.9 Å². The van der Waals surface area contributed by atoms with Gasteiger partial charge in [0.1, 0.15) is 10.6 Å². The van der Waals surface area contributed by atoms with Crippen LogP contribution in [0.25, 0.3) is 0 Å². The second-order valence-corrected chi connectivity index (χ2v) is 8.79. The van der Waals surface area contributed by atoms with Gasteiger partial charge in [-0.2, -0.15) is 4.31 Å². The second kappa shape index (κ2) is 8.24. The predicted molar refractivity (Wildman–Crippen MR) is 98.8 cm³/mol. The molecule has 1 unspecified atom stereocenters. The molecule has 0 spiro atoms. The molecule has 1 N–H and O–H groups in total. The molecule has 0 bridgehead atoms. The van der Waals surface area contributed by atoms with Crippen molar-refractivity contribution in [3.05, 3.63) is 11.5 Å². The lowest BCUT2D eigenvalue weighted by atomic mass is 9.95. The number of piperazine rings is 1. The molecule has 2 fully saturated rings. The zero-order valence-electron chi connectivity index (χ0n) is 15.4. The standard InChI is InChI=1S/C16H26N4O4S.ClH/c1-11-10-17-6-9-20(11)16(21)14-4-7-19(8-5-14)25(22,23)15-12(2)18-24-13(15)3;/h11,14,17H,4-10H2,1-3H3;1H. The van der Waals surface area contributed by atoms with E-state index in [9.17, 15) is 13.2 Å². The Morgan fingerprint density at radius 2 is 1.88 bits per heavy atom. The first-order chi connectivity index (χ1) is 11.8. The van der Waals surface area contributed by atoms with Crippen molar-refractivity contribution < 1.29 is 17.7 Å². The quantitative estimate of drug-likeness (QED) is 0.802. The van der Waals surface area contributed by atoms with Crippen molar-refractivity contribution >= 4 is 28.3 Å². The summed E-state index contributed by atoms with van der Waals surface area (Å²) in [5, 5.41) is 7.02. The van der Waals surface area contributed by atoms with E-state index in [2.05, 4.69) is 10.5 Å². The van der Waals surface area contributed by atoms with E-state index in [-0.39, 0.29) is 35.2 Å². The molecule has 10 heteroatoms. The van der Waals surface area contributed by atoms with E-state index in [0.29, 0.717) is 37.4 Å². The van der Waals surface area contributed by atoms with Gasteiger partial charge in [-0.05, 0) is 33.6 Å². The molecule has 26 heavy (non-hydrogen) atoms.